The predicted molar refractivity (Wildman–Crippen MR) is 126 cm³/mol. The van der Waals surface area contributed by atoms with E-state index >= 15 is 0 Å². The van der Waals surface area contributed by atoms with Crippen LogP contribution in [0.1, 0.15) is 56.3 Å². The number of rotatable bonds is 8. The Balaban J connectivity index is 1.37. The van der Waals surface area contributed by atoms with Gasteiger partial charge in [-0.25, -0.2) is 4.79 Å². The summed E-state index contributed by atoms with van der Waals surface area (Å²) in [7, 11) is 0. The molecular formula is C28H31F3O5. The number of alkyl halides is 3. The van der Waals surface area contributed by atoms with Crippen LogP contribution in [0.5, 0.6) is 17.2 Å². The second kappa shape index (κ2) is 9.96. The molecular weight excluding hydrogens is 473 g/mol. The molecule has 4 bridgehead atoms. The Labute approximate surface area is 208 Å². The Hall–Kier alpha value is -2.74. The number of carbonyl (C=O) groups excluding carboxylic acids is 1. The molecule has 2 aromatic rings. The van der Waals surface area contributed by atoms with Crippen LogP contribution < -0.4 is 14.2 Å². The van der Waals surface area contributed by atoms with Crippen molar-refractivity contribution in [3.63, 3.8) is 0 Å². The summed E-state index contributed by atoms with van der Waals surface area (Å²) in [4.78, 5) is 12.7. The Morgan fingerprint density at radius 2 is 1.53 bits per heavy atom. The van der Waals surface area contributed by atoms with E-state index in [4.69, 9.17) is 14.2 Å². The van der Waals surface area contributed by atoms with Gasteiger partial charge in [-0.2, -0.15) is 0 Å². The molecule has 36 heavy (non-hydrogen) atoms. The van der Waals surface area contributed by atoms with E-state index in [0.717, 1.165) is 43.6 Å². The zero-order valence-corrected chi connectivity index (χ0v) is 20.4. The monoisotopic (exact) mass is 504 g/mol. The molecule has 2 aromatic carbocycles. The lowest BCUT2D eigenvalue weighted by atomic mass is 9.55. The Bertz CT molecular complexity index is 1040. The summed E-state index contributed by atoms with van der Waals surface area (Å²) < 4.78 is 61.5. The summed E-state index contributed by atoms with van der Waals surface area (Å²) in [6.45, 7) is 3.80. The minimum absolute atomic E-state index is 0.0309. The van der Waals surface area contributed by atoms with E-state index in [-0.39, 0.29) is 23.3 Å². The van der Waals surface area contributed by atoms with Gasteiger partial charge in [-0.1, -0.05) is 32.0 Å². The number of benzene rings is 2. The van der Waals surface area contributed by atoms with Crippen molar-refractivity contribution in [2.45, 2.75) is 64.7 Å². The summed E-state index contributed by atoms with van der Waals surface area (Å²) >= 11 is 0. The van der Waals surface area contributed by atoms with Crippen LogP contribution in [0, 0.1) is 29.6 Å². The second-order valence-electron chi connectivity index (χ2n) is 10.7. The molecule has 5 nitrogen and oxygen atoms in total. The molecule has 1 unspecified atom stereocenters. The molecule has 0 aromatic heterocycles. The molecule has 4 fully saturated rings. The smallest absolute Gasteiger partial charge is 0.461 e. The average molecular weight is 505 g/mol. The molecule has 4 aliphatic carbocycles. The normalized spacial score (nSPS) is 27.7. The van der Waals surface area contributed by atoms with Crippen LogP contribution in [0.3, 0.4) is 0 Å². The second-order valence-corrected chi connectivity index (χ2v) is 10.7. The molecule has 0 aliphatic heterocycles. The van der Waals surface area contributed by atoms with Gasteiger partial charge in [0, 0.05) is 5.92 Å². The highest BCUT2D eigenvalue weighted by atomic mass is 19.4. The lowest BCUT2D eigenvalue weighted by Gasteiger charge is -2.54. The van der Waals surface area contributed by atoms with Crippen molar-refractivity contribution in [1.82, 2.24) is 0 Å². The summed E-state index contributed by atoms with van der Waals surface area (Å²) in [5, 5.41) is 0. The van der Waals surface area contributed by atoms with Gasteiger partial charge in [-0.05, 0) is 86.1 Å². The van der Waals surface area contributed by atoms with E-state index < -0.39 is 24.4 Å². The molecule has 0 N–H and O–H groups in total. The molecule has 0 radical (unpaired) electrons. The molecule has 4 saturated carbocycles. The number of para-hydroxylation sites is 1. The minimum Gasteiger partial charge on any atom is -0.461 e. The lowest BCUT2D eigenvalue weighted by Crippen LogP contribution is -2.51. The molecule has 194 valence electrons. The van der Waals surface area contributed by atoms with Crippen LogP contribution in [0.4, 0.5) is 13.2 Å². The van der Waals surface area contributed by atoms with Crippen molar-refractivity contribution in [3.8, 4) is 17.2 Å². The van der Waals surface area contributed by atoms with Gasteiger partial charge in [0.1, 0.15) is 5.75 Å². The molecule has 0 spiro atoms. The van der Waals surface area contributed by atoms with E-state index in [1.807, 2.05) is 13.8 Å². The molecule has 8 heteroatoms. The maximum Gasteiger partial charge on any atom is 0.573 e. The van der Waals surface area contributed by atoms with Gasteiger partial charge in [-0.3, -0.25) is 0 Å². The fourth-order valence-electron chi connectivity index (χ4n) is 6.29. The van der Waals surface area contributed by atoms with Gasteiger partial charge in [0.15, 0.2) is 11.5 Å². The molecule has 0 amide bonds. The van der Waals surface area contributed by atoms with Crippen LogP contribution in [0.15, 0.2) is 48.5 Å². The topological polar surface area (TPSA) is 54.0 Å². The first kappa shape index (κ1) is 24.9. The fraction of sp³-hybridized carbons (Fsp3) is 0.536. The highest BCUT2D eigenvalue weighted by molar-refractivity contribution is 5.91. The zero-order chi connectivity index (χ0) is 25.4. The highest BCUT2D eigenvalue weighted by Gasteiger charge is 2.49. The van der Waals surface area contributed by atoms with Gasteiger partial charge in [0.2, 0.25) is 6.29 Å². The minimum atomic E-state index is -4.92. The van der Waals surface area contributed by atoms with Crippen molar-refractivity contribution < 1.29 is 36.9 Å². The molecule has 6 rings (SSSR count). The quantitative estimate of drug-likeness (QED) is 0.220. The average Bonchev–Trinajstić information content (AvgIpc) is 2.80. The first-order valence-corrected chi connectivity index (χ1v) is 12.6. The van der Waals surface area contributed by atoms with E-state index in [9.17, 15) is 18.0 Å². The Morgan fingerprint density at radius 1 is 0.889 bits per heavy atom. The molecule has 0 saturated heterocycles. The number of halogens is 3. The van der Waals surface area contributed by atoms with Crippen molar-refractivity contribution in [3.05, 3.63) is 54.1 Å². The fourth-order valence-corrected chi connectivity index (χ4v) is 6.29. The van der Waals surface area contributed by atoms with Crippen LogP contribution in [0.25, 0.3) is 0 Å². The Kier molecular flexibility index (Phi) is 6.90. The van der Waals surface area contributed by atoms with E-state index in [1.54, 1.807) is 30.3 Å². The molecule has 0 heterocycles. The number of ether oxygens (including phenoxy) is 4. The molecule has 4 aliphatic rings. The van der Waals surface area contributed by atoms with Crippen LogP contribution in [0.2, 0.25) is 0 Å². The first-order valence-electron chi connectivity index (χ1n) is 12.6. The van der Waals surface area contributed by atoms with Crippen LogP contribution >= 0.6 is 0 Å². The van der Waals surface area contributed by atoms with E-state index in [1.165, 1.54) is 18.6 Å². The third-order valence-electron chi connectivity index (χ3n) is 7.58. The standard InChI is InChI=1S/C28H31F3O5/c1-16(2)27(35-25-20-11-17-10-18(13-20)14-21(25)12-17)34-24-15-19(8-9-23(24)36-28(29,30)31)26(32)33-22-6-4-3-5-7-22/h3-9,15-18,20-21,25,27H,10-14H2,1-2H3. The predicted octanol–water partition coefficient (Wildman–Crippen LogP) is 7.01. The zero-order valence-electron chi connectivity index (χ0n) is 20.4. The molecule has 1 atom stereocenters. The van der Waals surface area contributed by atoms with Gasteiger partial charge < -0.3 is 18.9 Å². The number of carbonyl (C=O) groups is 1. The van der Waals surface area contributed by atoms with Crippen LogP contribution in [-0.4, -0.2) is 24.7 Å². The SMILES string of the molecule is CC(C)C(Oc1cc(C(=O)Oc2ccccc2)ccc1OC(F)(F)F)OC1C2CC3CC(C2)CC1C3. The highest BCUT2D eigenvalue weighted by Crippen LogP contribution is 2.55. The largest absolute Gasteiger partial charge is 0.573 e. The summed E-state index contributed by atoms with van der Waals surface area (Å²) in [5.41, 5.74) is 0.0421. The number of esters is 1. The van der Waals surface area contributed by atoms with Crippen LogP contribution in [-0.2, 0) is 4.74 Å². The van der Waals surface area contributed by atoms with Gasteiger partial charge in [0.25, 0.3) is 0 Å². The Morgan fingerprint density at radius 3 is 2.11 bits per heavy atom. The van der Waals surface area contributed by atoms with E-state index in [0.29, 0.717) is 17.6 Å². The maximum absolute atomic E-state index is 13.1. The van der Waals surface area contributed by atoms with Gasteiger partial charge in [0.05, 0.1) is 11.7 Å². The lowest BCUT2D eigenvalue weighted by molar-refractivity contribution is -0.276. The summed E-state index contributed by atoms with van der Waals surface area (Å²) in [6.07, 6.45) is 0.217. The van der Waals surface area contributed by atoms with Gasteiger partial charge >= 0.3 is 12.3 Å². The number of hydrogen-bond acceptors (Lipinski definition) is 5. The summed E-state index contributed by atoms with van der Waals surface area (Å²) in [5.74, 6) is 1.19. The third-order valence-corrected chi connectivity index (χ3v) is 7.58. The van der Waals surface area contributed by atoms with Crippen molar-refractivity contribution >= 4 is 5.97 Å². The van der Waals surface area contributed by atoms with Gasteiger partial charge in [-0.15, -0.1) is 13.2 Å². The first-order chi connectivity index (χ1) is 17.1. The third kappa shape index (κ3) is 5.64. The summed E-state index contributed by atoms with van der Waals surface area (Å²) in [6, 6.07) is 12.0. The number of hydrogen-bond donors (Lipinski definition) is 0. The van der Waals surface area contributed by atoms with Crippen molar-refractivity contribution in [2.24, 2.45) is 29.6 Å². The van der Waals surface area contributed by atoms with Crippen molar-refractivity contribution in [2.75, 3.05) is 0 Å². The van der Waals surface area contributed by atoms with Crippen molar-refractivity contribution in [1.29, 1.82) is 0 Å². The van der Waals surface area contributed by atoms with E-state index in [2.05, 4.69) is 4.74 Å². The maximum atomic E-state index is 13.1.